The molecule has 0 aromatic heterocycles. The minimum absolute atomic E-state index is 0.110. The summed E-state index contributed by atoms with van der Waals surface area (Å²) < 4.78 is 26.1. The smallest absolute Gasteiger partial charge is 0.271 e. The van der Waals surface area contributed by atoms with Crippen molar-refractivity contribution in [3.05, 3.63) is 33.4 Å². The second kappa shape index (κ2) is 5.70. The van der Waals surface area contributed by atoms with Crippen LogP contribution in [0.4, 0.5) is 5.69 Å². The number of nitro benzene ring substituents is 1. The standard InChI is InChI=1S/C13H20N2O5S/c1-9-6-11(15(17)18)7-12(10(9)2)21(19,20)14(5)8-13(3,4)16/h6-7,16H,8H2,1-5H3. The van der Waals surface area contributed by atoms with Crippen molar-refractivity contribution in [1.29, 1.82) is 0 Å². The average molecular weight is 316 g/mol. The molecule has 1 rings (SSSR count). The number of likely N-dealkylation sites (N-methyl/N-ethyl adjacent to an activating group) is 1. The van der Waals surface area contributed by atoms with Crippen LogP contribution >= 0.6 is 0 Å². The number of non-ortho nitro benzene ring substituents is 1. The Morgan fingerprint density at radius 3 is 2.29 bits per heavy atom. The van der Waals surface area contributed by atoms with E-state index in [4.69, 9.17) is 0 Å². The predicted octanol–water partition coefficient (Wildman–Crippen LogP) is 1.60. The molecule has 118 valence electrons. The number of nitrogens with zero attached hydrogens (tertiary/aromatic N) is 2. The maximum atomic E-state index is 12.5. The molecular weight excluding hydrogens is 296 g/mol. The van der Waals surface area contributed by atoms with Gasteiger partial charge in [-0.3, -0.25) is 10.1 Å². The Kier molecular flexibility index (Phi) is 4.76. The maximum Gasteiger partial charge on any atom is 0.271 e. The summed E-state index contributed by atoms with van der Waals surface area (Å²) in [6.07, 6.45) is 0. The van der Waals surface area contributed by atoms with Crippen LogP contribution in [0.2, 0.25) is 0 Å². The van der Waals surface area contributed by atoms with Gasteiger partial charge in [-0.05, 0) is 38.8 Å². The van der Waals surface area contributed by atoms with E-state index in [1.165, 1.54) is 27.0 Å². The van der Waals surface area contributed by atoms with Crippen LogP contribution in [0.3, 0.4) is 0 Å². The second-order valence-corrected chi connectivity index (χ2v) is 7.73. The van der Waals surface area contributed by atoms with Crippen molar-refractivity contribution in [1.82, 2.24) is 4.31 Å². The number of nitro groups is 1. The highest BCUT2D eigenvalue weighted by Crippen LogP contribution is 2.27. The van der Waals surface area contributed by atoms with E-state index in [2.05, 4.69) is 0 Å². The third-order valence-corrected chi connectivity index (χ3v) is 5.04. The molecule has 0 saturated carbocycles. The van der Waals surface area contributed by atoms with E-state index in [0.29, 0.717) is 11.1 Å². The molecule has 1 aromatic carbocycles. The number of aliphatic hydroxyl groups is 1. The van der Waals surface area contributed by atoms with Gasteiger partial charge in [0.25, 0.3) is 5.69 Å². The highest BCUT2D eigenvalue weighted by atomic mass is 32.2. The van der Waals surface area contributed by atoms with E-state index in [0.717, 1.165) is 10.4 Å². The summed E-state index contributed by atoms with van der Waals surface area (Å²) in [6, 6.07) is 2.39. The monoisotopic (exact) mass is 316 g/mol. The van der Waals surface area contributed by atoms with Crippen molar-refractivity contribution < 1.29 is 18.4 Å². The van der Waals surface area contributed by atoms with Crippen LogP contribution in [0.5, 0.6) is 0 Å². The minimum atomic E-state index is -3.91. The molecular formula is C13H20N2O5S. The summed E-state index contributed by atoms with van der Waals surface area (Å²) in [5.41, 5.74) is -0.484. The number of benzene rings is 1. The lowest BCUT2D eigenvalue weighted by atomic mass is 10.1. The Bertz CT molecular complexity index is 662. The molecule has 1 N–H and O–H groups in total. The van der Waals surface area contributed by atoms with Gasteiger partial charge in [-0.15, -0.1) is 0 Å². The molecule has 0 unspecified atom stereocenters. The molecule has 0 amide bonds. The van der Waals surface area contributed by atoms with Crippen molar-refractivity contribution in [3.63, 3.8) is 0 Å². The Hall–Kier alpha value is -1.51. The molecule has 1 aromatic rings. The Morgan fingerprint density at radius 2 is 1.86 bits per heavy atom. The fraction of sp³-hybridized carbons (Fsp3) is 0.538. The van der Waals surface area contributed by atoms with Gasteiger partial charge in [0.1, 0.15) is 0 Å². The van der Waals surface area contributed by atoms with Gasteiger partial charge in [0.2, 0.25) is 10.0 Å². The largest absolute Gasteiger partial charge is 0.389 e. The lowest BCUT2D eigenvalue weighted by Gasteiger charge is -2.25. The Balaban J connectivity index is 3.41. The predicted molar refractivity (Wildman–Crippen MR) is 78.7 cm³/mol. The topological polar surface area (TPSA) is 101 Å². The number of sulfonamides is 1. The van der Waals surface area contributed by atoms with E-state index >= 15 is 0 Å². The molecule has 0 radical (unpaired) electrons. The van der Waals surface area contributed by atoms with Gasteiger partial charge in [-0.2, -0.15) is 4.31 Å². The van der Waals surface area contributed by atoms with Gasteiger partial charge >= 0.3 is 0 Å². The summed E-state index contributed by atoms with van der Waals surface area (Å²) in [4.78, 5) is 10.2. The fourth-order valence-corrected chi connectivity index (χ4v) is 3.62. The van der Waals surface area contributed by atoms with Crippen molar-refractivity contribution in [2.75, 3.05) is 13.6 Å². The van der Waals surface area contributed by atoms with Gasteiger partial charge < -0.3 is 5.11 Å². The number of rotatable bonds is 5. The Morgan fingerprint density at radius 1 is 1.33 bits per heavy atom. The summed E-state index contributed by atoms with van der Waals surface area (Å²) >= 11 is 0. The average Bonchev–Trinajstić information content (AvgIpc) is 2.29. The SMILES string of the molecule is Cc1cc([N+](=O)[O-])cc(S(=O)(=O)N(C)CC(C)(C)O)c1C. The highest BCUT2D eigenvalue weighted by molar-refractivity contribution is 7.89. The lowest BCUT2D eigenvalue weighted by molar-refractivity contribution is -0.385. The van der Waals surface area contributed by atoms with E-state index in [1.54, 1.807) is 13.8 Å². The third-order valence-electron chi connectivity index (χ3n) is 3.11. The molecule has 0 saturated heterocycles. The van der Waals surface area contributed by atoms with Gasteiger partial charge in [-0.25, -0.2) is 8.42 Å². The van der Waals surface area contributed by atoms with Gasteiger partial charge in [-0.1, -0.05) is 0 Å². The molecule has 21 heavy (non-hydrogen) atoms. The summed E-state index contributed by atoms with van der Waals surface area (Å²) in [7, 11) is -2.58. The second-order valence-electron chi connectivity index (χ2n) is 5.72. The molecule has 0 bridgehead atoms. The van der Waals surface area contributed by atoms with Crippen LogP contribution in [-0.4, -0.2) is 41.9 Å². The van der Waals surface area contributed by atoms with Crippen molar-refractivity contribution in [3.8, 4) is 0 Å². The number of hydrogen-bond acceptors (Lipinski definition) is 5. The molecule has 0 aliphatic heterocycles. The van der Waals surface area contributed by atoms with Crippen LogP contribution < -0.4 is 0 Å². The maximum absolute atomic E-state index is 12.5. The molecule has 8 heteroatoms. The first-order chi connectivity index (χ1) is 9.36. The van der Waals surface area contributed by atoms with E-state index < -0.39 is 20.5 Å². The first-order valence-electron chi connectivity index (χ1n) is 6.30. The first-order valence-corrected chi connectivity index (χ1v) is 7.74. The Labute approximate surface area is 124 Å². The van der Waals surface area contributed by atoms with Gasteiger partial charge in [0.05, 0.1) is 15.4 Å². The van der Waals surface area contributed by atoms with E-state index in [-0.39, 0.29) is 17.1 Å². The molecule has 7 nitrogen and oxygen atoms in total. The zero-order valence-corrected chi connectivity index (χ0v) is 13.6. The van der Waals surface area contributed by atoms with E-state index in [9.17, 15) is 23.6 Å². The first kappa shape index (κ1) is 17.5. The molecule has 0 spiro atoms. The van der Waals surface area contributed by atoms with Crippen LogP contribution in [-0.2, 0) is 10.0 Å². The fourth-order valence-electron chi connectivity index (χ4n) is 1.98. The number of aryl methyl sites for hydroxylation is 1. The van der Waals surface area contributed by atoms with Crippen LogP contribution in [0.15, 0.2) is 17.0 Å². The molecule has 0 heterocycles. The summed E-state index contributed by atoms with van der Waals surface area (Å²) in [5, 5.41) is 20.7. The third kappa shape index (κ3) is 3.99. The van der Waals surface area contributed by atoms with Gasteiger partial charge in [0.15, 0.2) is 0 Å². The molecule has 0 aliphatic carbocycles. The molecule has 0 aliphatic rings. The molecule has 0 atom stereocenters. The summed E-state index contributed by atoms with van der Waals surface area (Å²) in [6.45, 7) is 6.09. The van der Waals surface area contributed by atoms with Crippen LogP contribution in [0, 0.1) is 24.0 Å². The van der Waals surface area contributed by atoms with Crippen molar-refractivity contribution in [2.24, 2.45) is 0 Å². The highest BCUT2D eigenvalue weighted by Gasteiger charge is 2.29. The molecule has 0 fully saturated rings. The van der Waals surface area contributed by atoms with E-state index in [1.807, 2.05) is 0 Å². The normalized spacial score (nSPS) is 12.7. The zero-order chi connectivity index (χ0) is 16.6. The van der Waals surface area contributed by atoms with Crippen LogP contribution in [0.1, 0.15) is 25.0 Å². The quantitative estimate of drug-likeness (QED) is 0.657. The van der Waals surface area contributed by atoms with Gasteiger partial charge in [0, 0.05) is 25.7 Å². The summed E-state index contributed by atoms with van der Waals surface area (Å²) in [5.74, 6) is 0. The van der Waals surface area contributed by atoms with Crippen LogP contribution in [0.25, 0.3) is 0 Å². The zero-order valence-electron chi connectivity index (χ0n) is 12.7. The van der Waals surface area contributed by atoms with Crippen molar-refractivity contribution in [2.45, 2.75) is 38.2 Å². The van der Waals surface area contributed by atoms with Crippen molar-refractivity contribution >= 4 is 15.7 Å². The minimum Gasteiger partial charge on any atom is -0.389 e. The lowest BCUT2D eigenvalue weighted by Crippen LogP contribution is -2.39. The number of hydrogen-bond donors (Lipinski definition) is 1.